The molecule has 2 N–H and O–H groups in total. The monoisotopic (exact) mass is 221 g/mol. The van der Waals surface area contributed by atoms with Crippen molar-refractivity contribution in [2.24, 2.45) is 0 Å². The fourth-order valence-electron chi connectivity index (χ4n) is 1.59. The Kier molecular flexibility index (Phi) is 4.83. The topological polar surface area (TPSA) is 52.3 Å². The van der Waals surface area contributed by atoms with Gasteiger partial charge in [0, 0.05) is 23.7 Å². The fourth-order valence-corrected chi connectivity index (χ4v) is 1.59. The molecule has 0 aromatic heterocycles. The van der Waals surface area contributed by atoms with Gasteiger partial charge in [0.2, 0.25) is 0 Å². The number of hydrogen-bond acceptors (Lipinski definition) is 3. The average molecular weight is 221 g/mol. The second-order valence-electron chi connectivity index (χ2n) is 3.83. The zero-order chi connectivity index (χ0) is 12.0. The Bertz CT molecular complexity index is 361. The van der Waals surface area contributed by atoms with Crippen LogP contribution in [0.25, 0.3) is 0 Å². The highest BCUT2D eigenvalue weighted by Crippen LogP contribution is 2.21. The van der Waals surface area contributed by atoms with E-state index in [1.165, 1.54) is 0 Å². The zero-order valence-corrected chi connectivity index (χ0v) is 9.95. The number of anilines is 1. The molecule has 0 bridgehead atoms. The largest absolute Gasteiger partial charge is 0.497 e. The summed E-state index contributed by atoms with van der Waals surface area (Å²) in [6.45, 7) is 2.12. The molecule has 0 saturated carbocycles. The minimum absolute atomic E-state index is 0.119. The zero-order valence-electron chi connectivity index (χ0n) is 9.95. The normalized spacial score (nSPS) is 10.1. The number of Topliss-reactive ketones (excluding diaryl/α,β-unsaturated/α-hetero) is 1. The first-order valence-corrected chi connectivity index (χ1v) is 5.65. The van der Waals surface area contributed by atoms with Gasteiger partial charge in [0.25, 0.3) is 0 Å². The van der Waals surface area contributed by atoms with E-state index in [1.54, 1.807) is 25.3 Å². The average Bonchev–Trinajstić information content (AvgIpc) is 2.29. The first-order valence-electron chi connectivity index (χ1n) is 5.65. The van der Waals surface area contributed by atoms with Crippen LogP contribution in [0.15, 0.2) is 18.2 Å². The number of carbonyl (C=O) groups is 1. The summed E-state index contributed by atoms with van der Waals surface area (Å²) in [5, 5.41) is 0. The number of unbranched alkanes of at least 4 members (excludes halogenated alkanes) is 2. The summed E-state index contributed by atoms with van der Waals surface area (Å²) in [5.41, 5.74) is 6.91. The molecule has 0 atom stereocenters. The molecular weight excluding hydrogens is 202 g/mol. The summed E-state index contributed by atoms with van der Waals surface area (Å²) in [6.07, 6.45) is 3.71. The fraction of sp³-hybridized carbons (Fsp3) is 0.462. The van der Waals surface area contributed by atoms with Gasteiger partial charge in [-0.25, -0.2) is 0 Å². The van der Waals surface area contributed by atoms with Crippen molar-refractivity contribution in [3.8, 4) is 5.75 Å². The van der Waals surface area contributed by atoms with Crippen LogP contribution in [-0.2, 0) is 0 Å². The predicted molar refractivity (Wildman–Crippen MR) is 65.9 cm³/mol. The van der Waals surface area contributed by atoms with Crippen LogP contribution in [0, 0.1) is 0 Å². The summed E-state index contributed by atoms with van der Waals surface area (Å²) in [6, 6.07) is 5.19. The number of ether oxygens (including phenoxy) is 1. The Labute approximate surface area is 96.6 Å². The van der Waals surface area contributed by atoms with Gasteiger partial charge >= 0.3 is 0 Å². The Balaban J connectivity index is 2.68. The number of nitrogen functional groups attached to an aromatic ring is 1. The minimum Gasteiger partial charge on any atom is -0.497 e. The number of hydrogen-bond donors (Lipinski definition) is 1. The molecule has 0 amide bonds. The molecule has 16 heavy (non-hydrogen) atoms. The van der Waals surface area contributed by atoms with Gasteiger partial charge in [-0.15, -0.1) is 0 Å². The maximum Gasteiger partial charge on any atom is 0.164 e. The van der Waals surface area contributed by atoms with Crippen molar-refractivity contribution in [1.82, 2.24) is 0 Å². The van der Waals surface area contributed by atoms with Crippen LogP contribution >= 0.6 is 0 Å². The molecule has 0 heterocycles. The predicted octanol–water partition coefficient (Wildman–Crippen LogP) is 3.04. The summed E-state index contributed by atoms with van der Waals surface area (Å²) in [7, 11) is 1.58. The lowest BCUT2D eigenvalue weighted by Crippen LogP contribution is -2.04. The van der Waals surface area contributed by atoms with E-state index in [-0.39, 0.29) is 5.78 Å². The lowest BCUT2D eigenvalue weighted by molar-refractivity contribution is 0.0980. The highest BCUT2D eigenvalue weighted by molar-refractivity contribution is 6.00. The smallest absolute Gasteiger partial charge is 0.164 e. The van der Waals surface area contributed by atoms with E-state index in [1.807, 2.05) is 0 Å². The Morgan fingerprint density at radius 2 is 2.12 bits per heavy atom. The molecule has 1 rings (SSSR count). The number of benzene rings is 1. The van der Waals surface area contributed by atoms with E-state index in [4.69, 9.17) is 10.5 Å². The van der Waals surface area contributed by atoms with Crippen LogP contribution in [0.4, 0.5) is 5.69 Å². The van der Waals surface area contributed by atoms with Gasteiger partial charge in [0.1, 0.15) is 5.75 Å². The number of methoxy groups -OCH3 is 1. The molecule has 0 spiro atoms. The second-order valence-corrected chi connectivity index (χ2v) is 3.83. The van der Waals surface area contributed by atoms with Crippen LogP contribution in [-0.4, -0.2) is 12.9 Å². The van der Waals surface area contributed by atoms with Gasteiger partial charge in [-0.05, 0) is 18.6 Å². The Morgan fingerprint density at radius 3 is 2.69 bits per heavy atom. The Hall–Kier alpha value is -1.51. The molecule has 1 aromatic rings. The highest BCUT2D eigenvalue weighted by Gasteiger charge is 2.09. The van der Waals surface area contributed by atoms with E-state index < -0.39 is 0 Å². The van der Waals surface area contributed by atoms with Crippen molar-refractivity contribution in [2.45, 2.75) is 32.6 Å². The van der Waals surface area contributed by atoms with E-state index >= 15 is 0 Å². The molecule has 0 unspecified atom stereocenters. The summed E-state index contributed by atoms with van der Waals surface area (Å²) < 4.78 is 5.04. The molecular formula is C13H19NO2. The van der Waals surface area contributed by atoms with Gasteiger partial charge in [0.05, 0.1) is 7.11 Å². The number of ketones is 1. The van der Waals surface area contributed by atoms with Crippen LogP contribution in [0.5, 0.6) is 5.75 Å². The summed E-state index contributed by atoms with van der Waals surface area (Å²) >= 11 is 0. The molecule has 0 aliphatic carbocycles. The van der Waals surface area contributed by atoms with E-state index in [0.717, 1.165) is 19.3 Å². The molecule has 1 aromatic carbocycles. The molecule has 0 aliphatic rings. The lowest BCUT2D eigenvalue weighted by atomic mass is 10.0. The van der Waals surface area contributed by atoms with Crippen molar-refractivity contribution >= 4 is 11.5 Å². The van der Waals surface area contributed by atoms with Gasteiger partial charge in [-0.1, -0.05) is 19.8 Å². The van der Waals surface area contributed by atoms with Crippen molar-refractivity contribution in [3.05, 3.63) is 23.8 Å². The Morgan fingerprint density at radius 1 is 1.38 bits per heavy atom. The third-order valence-electron chi connectivity index (χ3n) is 2.57. The van der Waals surface area contributed by atoms with Crippen LogP contribution in [0.2, 0.25) is 0 Å². The van der Waals surface area contributed by atoms with Gasteiger partial charge in [-0.3, -0.25) is 4.79 Å². The quantitative estimate of drug-likeness (QED) is 0.456. The molecule has 3 heteroatoms. The number of rotatable bonds is 6. The molecule has 88 valence electrons. The van der Waals surface area contributed by atoms with Crippen LogP contribution in [0.1, 0.15) is 43.0 Å². The van der Waals surface area contributed by atoms with Crippen LogP contribution in [0.3, 0.4) is 0 Å². The van der Waals surface area contributed by atoms with Crippen molar-refractivity contribution < 1.29 is 9.53 Å². The second kappa shape index (κ2) is 6.16. The number of carbonyl (C=O) groups excluding carboxylic acids is 1. The molecule has 3 nitrogen and oxygen atoms in total. The third kappa shape index (κ3) is 3.26. The SMILES string of the molecule is CCCCCC(=O)c1ccc(OC)cc1N. The first-order chi connectivity index (χ1) is 7.69. The maximum atomic E-state index is 11.8. The van der Waals surface area contributed by atoms with Gasteiger partial charge in [0.15, 0.2) is 5.78 Å². The van der Waals surface area contributed by atoms with Gasteiger partial charge in [-0.2, -0.15) is 0 Å². The highest BCUT2D eigenvalue weighted by atomic mass is 16.5. The maximum absolute atomic E-state index is 11.8. The van der Waals surface area contributed by atoms with E-state index in [2.05, 4.69) is 6.92 Å². The minimum atomic E-state index is 0.119. The van der Waals surface area contributed by atoms with E-state index in [0.29, 0.717) is 23.4 Å². The molecule has 0 fully saturated rings. The first kappa shape index (κ1) is 12.6. The summed E-state index contributed by atoms with van der Waals surface area (Å²) in [5.74, 6) is 0.802. The third-order valence-corrected chi connectivity index (χ3v) is 2.57. The van der Waals surface area contributed by atoms with Crippen LogP contribution < -0.4 is 10.5 Å². The number of nitrogens with two attached hydrogens (primary N) is 1. The lowest BCUT2D eigenvalue weighted by Gasteiger charge is -2.06. The van der Waals surface area contributed by atoms with Crippen molar-refractivity contribution in [1.29, 1.82) is 0 Å². The molecule has 0 saturated heterocycles. The molecule has 0 aliphatic heterocycles. The standard InChI is InChI=1S/C13H19NO2/c1-3-4-5-6-13(15)11-8-7-10(16-2)9-12(11)14/h7-9H,3-6,14H2,1-2H3. The molecule has 0 radical (unpaired) electrons. The van der Waals surface area contributed by atoms with Crippen molar-refractivity contribution in [2.75, 3.05) is 12.8 Å². The van der Waals surface area contributed by atoms with Crippen molar-refractivity contribution in [3.63, 3.8) is 0 Å². The van der Waals surface area contributed by atoms with Gasteiger partial charge < -0.3 is 10.5 Å². The summed E-state index contributed by atoms with van der Waals surface area (Å²) in [4.78, 5) is 11.8. The van der Waals surface area contributed by atoms with E-state index in [9.17, 15) is 4.79 Å².